The Kier molecular flexibility index (Phi) is 9.26. The quantitative estimate of drug-likeness (QED) is 0.328. The van der Waals surface area contributed by atoms with Crippen LogP contribution in [0.5, 0.6) is 0 Å². The molecule has 0 aliphatic heterocycles. The first-order valence-electron chi connectivity index (χ1n) is 8.20. The summed E-state index contributed by atoms with van der Waals surface area (Å²) in [6, 6.07) is 9.98. The molecule has 0 radical (unpaired) electrons. The van der Waals surface area contributed by atoms with E-state index in [0.717, 1.165) is 24.0 Å². The molecular weight excluding hydrogens is 260 g/mol. The first kappa shape index (κ1) is 17.5. The van der Waals surface area contributed by atoms with E-state index in [2.05, 4.69) is 6.92 Å². The lowest BCUT2D eigenvalue weighted by Crippen LogP contribution is -2.07. The Labute approximate surface area is 129 Å². The van der Waals surface area contributed by atoms with Crippen LogP contribution in [0.25, 0.3) is 6.08 Å². The van der Waals surface area contributed by atoms with Crippen LogP contribution in [0.2, 0.25) is 0 Å². The van der Waals surface area contributed by atoms with Crippen molar-refractivity contribution in [2.24, 2.45) is 0 Å². The Hall–Kier alpha value is -1.57. The van der Waals surface area contributed by atoms with Gasteiger partial charge < -0.3 is 4.74 Å². The zero-order valence-corrected chi connectivity index (χ0v) is 13.4. The number of ether oxygens (including phenoxy) is 1. The standard InChI is InChI=1S/C19H28O2/c1-3-5-6-7-8-12-15-18(19(20)21-4-2)16-17-13-10-9-11-14-17/h9-11,13-14,16H,3-8,12,15H2,1-2H3. The second-order valence-electron chi connectivity index (χ2n) is 5.32. The van der Waals surface area contributed by atoms with E-state index < -0.39 is 0 Å². The first-order valence-corrected chi connectivity index (χ1v) is 8.20. The molecule has 1 aromatic rings. The number of hydrogen-bond donors (Lipinski definition) is 0. The molecule has 0 N–H and O–H groups in total. The van der Waals surface area contributed by atoms with Crippen LogP contribution < -0.4 is 0 Å². The Morgan fingerprint density at radius 3 is 2.33 bits per heavy atom. The molecule has 0 aromatic heterocycles. The van der Waals surface area contributed by atoms with Gasteiger partial charge in [0, 0.05) is 5.57 Å². The van der Waals surface area contributed by atoms with Gasteiger partial charge in [-0.15, -0.1) is 0 Å². The predicted molar refractivity (Wildman–Crippen MR) is 89.0 cm³/mol. The highest BCUT2D eigenvalue weighted by molar-refractivity contribution is 5.93. The van der Waals surface area contributed by atoms with Crippen molar-refractivity contribution in [3.8, 4) is 0 Å². The van der Waals surface area contributed by atoms with E-state index in [-0.39, 0.29) is 5.97 Å². The molecule has 1 aromatic carbocycles. The maximum Gasteiger partial charge on any atom is 0.334 e. The molecule has 0 spiro atoms. The predicted octanol–water partition coefficient (Wildman–Crippen LogP) is 5.38. The molecule has 0 amide bonds. The van der Waals surface area contributed by atoms with Gasteiger partial charge in [-0.25, -0.2) is 4.79 Å². The van der Waals surface area contributed by atoms with E-state index in [1.165, 1.54) is 32.1 Å². The molecule has 0 fully saturated rings. The third-order valence-corrected chi connectivity index (χ3v) is 3.48. The van der Waals surface area contributed by atoms with Crippen molar-refractivity contribution in [2.75, 3.05) is 6.61 Å². The molecule has 0 aliphatic carbocycles. The van der Waals surface area contributed by atoms with Crippen LogP contribution in [0.3, 0.4) is 0 Å². The number of carbonyl (C=O) groups is 1. The van der Waals surface area contributed by atoms with E-state index in [1.54, 1.807) is 0 Å². The fraction of sp³-hybridized carbons (Fsp3) is 0.526. The largest absolute Gasteiger partial charge is 0.463 e. The van der Waals surface area contributed by atoms with Crippen LogP contribution in [-0.4, -0.2) is 12.6 Å². The first-order chi connectivity index (χ1) is 10.3. The Balaban J connectivity index is 2.53. The van der Waals surface area contributed by atoms with Gasteiger partial charge >= 0.3 is 5.97 Å². The van der Waals surface area contributed by atoms with Crippen molar-refractivity contribution >= 4 is 12.0 Å². The lowest BCUT2D eigenvalue weighted by Gasteiger charge is -2.07. The van der Waals surface area contributed by atoms with Gasteiger partial charge in [-0.3, -0.25) is 0 Å². The summed E-state index contributed by atoms with van der Waals surface area (Å²) in [5.74, 6) is -0.171. The maximum atomic E-state index is 12.0. The monoisotopic (exact) mass is 288 g/mol. The molecule has 0 bridgehead atoms. The summed E-state index contributed by atoms with van der Waals surface area (Å²) < 4.78 is 5.16. The number of unbranched alkanes of at least 4 members (excludes halogenated alkanes) is 5. The number of rotatable bonds is 10. The van der Waals surface area contributed by atoms with Crippen LogP contribution in [-0.2, 0) is 9.53 Å². The fourth-order valence-electron chi connectivity index (χ4n) is 2.30. The number of benzene rings is 1. The van der Waals surface area contributed by atoms with Crippen molar-refractivity contribution in [3.05, 3.63) is 41.5 Å². The van der Waals surface area contributed by atoms with Gasteiger partial charge in [-0.05, 0) is 31.4 Å². The van der Waals surface area contributed by atoms with Crippen LogP contribution >= 0.6 is 0 Å². The van der Waals surface area contributed by atoms with Gasteiger partial charge in [0.1, 0.15) is 0 Å². The van der Waals surface area contributed by atoms with Gasteiger partial charge in [0.25, 0.3) is 0 Å². The van der Waals surface area contributed by atoms with Gasteiger partial charge in [0.05, 0.1) is 6.61 Å². The highest BCUT2D eigenvalue weighted by Gasteiger charge is 2.10. The number of esters is 1. The summed E-state index contributed by atoms with van der Waals surface area (Å²) in [6.45, 7) is 4.51. The molecule has 0 saturated heterocycles. The van der Waals surface area contributed by atoms with Crippen LogP contribution in [0, 0.1) is 0 Å². The van der Waals surface area contributed by atoms with Crippen molar-refractivity contribution < 1.29 is 9.53 Å². The minimum Gasteiger partial charge on any atom is -0.463 e. The average Bonchev–Trinajstić information content (AvgIpc) is 2.50. The summed E-state index contributed by atoms with van der Waals surface area (Å²) in [5.41, 5.74) is 1.85. The topological polar surface area (TPSA) is 26.3 Å². The highest BCUT2D eigenvalue weighted by Crippen LogP contribution is 2.16. The van der Waals surface area contributed by atoms with Crippen LogP contribution in [0.4, 0.5) is 0 Å². The molecule has 2 nitrogen and oxygen atoms in total. The summed E-state index contributed by atoms with van der Waals surface area (Å²) in [7, 11) is 0. The van der Waals surface area contributed by atoms with Gasteiger partial charge in [-0.2, -0.15) is 0 Å². The van der Waals surface area contributed by atoms with Crippen molar-refractivity contribution in [2.45, 2.75) is 58.8 Å². The molecule has 0 unspecified atom stereocenters. The Morgan fingerprint density at radius 1 is 1.00 bits per heavy atom. The zero-order chi connectivity index (χ0) is 15.3. The molecule has 0 saturated carbocycles. The molecule has 1 rings (SSSR count). The van der Waals surface area contributed by atoms with Crippen LogP contribution in [0.1, 0.15) is 64.4 Å². The van der Waals surface area contributed by atoms with Crippen molar-refractivity contribution in [1.82, 2.24) is 0 Å². The van der Waals surface area contributed by atoms with E-state index in [9.17, 15) is 4.79 Å². The van der Waals surface area contributed by atoms with E-state index >= 15 is 0 Å². The third-order valence-electron chi connectivity index (χ3n) is 3.48. The molecular formula is C19H28O2. The summed E-state index contributed by atoms with van der Waals surface area (Å²) in [5, 5.41) is 0. The molecule has 2 heteroatoms. The minimum absolute atomic E-state index is 0.171. The number of carbonyl (C=O) groups excluding carboxylic acids is 1. The molecule has 116 valence electrons. The summed E-state index contributed by atoms with van der Waals surface area (Å²) >= 11 is 0. The van der Waals surface area contributed by atoms with Crippen molar-refractivity contribution in [3.63, 3.8) is 0 Å². The lowest BCUT2D eigenvalue weighted by molar-refractivity contribution is -0.138. The molecule has 21 heavy (non-hydrogen) atoms. The Bertz CT molecular complexity index is 420. The van der Waals surface area contributed by atoms with Gasteiger partial charge in [0.2, 0.25) is 0 Å². The Morgan fingerprint density at radius 2 is 1.67 bits per heavy atom. The molecule has 0 heterocycles. The zero-order valence-electron chi connectivity index (χ0n) is 13.4. The smallest absolute Gasteiger partial charge is 0.334 e. The second-order valence-corrected chi connectivity index (χ2v) is 5.32. The normalized spacial score (nSPS) is 11.4. The van der Waals surface area contributed by atoms with E-state index in [0.29, 0.717) is 6.61 Å². The van der Waals surface area contributed by atoms with Crippen molar-refractivity contribution in [1.29, 1.82) is 0 Å². The average molecular weight is 288 g/mol. The van der Waals surface area contributed by atoms with Crippen LogP contribution in [0.15, 0.2) is 35.9 Å². The summed E-state index contributed by atoms with van der Waals surface area (Å²) in [4.78, 5) is 12.0. The molecule has 0 aliphatic rings. The van der Waals surface area contributed by atoms with E-state index in [1.807, 2.05) is 43.3 Å². The lowest BCUT2D eigenvalue weighted by atomic mass is 10.0. The molecule has 0 atom stereocenters. The maximum absolute atomic E-state index is 12.0. The fourth-order valence-corrected chi connectivity index (χ4v) is 2.30. The van der Waals surface area contributed by atoms with Gasteiger partial charge in [-0.1, -0.05) is 69.4 Å². The highest BCUT2D eigenvalue weighted by atomic mass is 16.5. The van der Waals surface area contributed by atoms with Gasteiger partial charge in [0.15, 0.2) is 0 Å². The minimum atomic E-state index is -0.171. The number of hydrogen-bond acceptors (Lipinski definition) is 2. The van der Waals surface area contributed by atoms with E-state index in [4.69, 9.17) is 4.74 Å². The second kappa shape index (κ2) is 11.1. The third kappa shape index (κ3) is 7.69. The SMILES string of the molecule is CCCCCCCCC(=Cc1ccccc1)C(=O)OCC. The summed E-state index contributed by atoms with van der Waals surface area (Å²) in [6.07, 6.45) is 10.1.